The molecule has 122 valence electrons. The number of hydrogen-bond acceptors (Lipinski definition) is 3. The first kappa shape index (κ1) is 17.3. The molecule has 0 atom stereocenters. The zero-order chi connectivity index (χ0) is 16.2. The normalized spacial score (nSPS) is 17.3. The molecule has 1 heterocycles. The van der Waals surface area contributed by atoms with E-state index in [9.17, 15) is 4.79 Å². The smallest absolute Gasteiger partial charge is 0.229 e. The van der Waals surface area contributed by atoms with Crippen molar-refractivity contribution in [2.75, 3.05) is 26.7 Å². The fourth-order valence-corrected chi connectivity index (χ4v) is 2.82. The van der Waals surface area contributed by atoms with Gasteiger partial charge in [-0.2, -0.15) is 0 Å². The second kappa shape index (κ2) is 7.47. The Kier molecular flexibility index (Phi) is 5.87. The van der Waals surface area contributed by atoms with Crippen LogP contribution in [0.1, 0.15) is 26.7 Å². The van der Waals surface area contributed by atoms with Crippen LogP contribution in [0.3, 0.4) is 0 Å². The maximum absolute atomic E-state index is 12.5. The predicted octanol–water partition coefficient (Wildman–Crippen LogP) is 3.06. The summed E-state index contributed by atoms with van der Waals surface area (Å²) < 4.78 is 6.72. The first-order valence-electron chi connectivity index (χ1n) is 7.75. The molecule has 4 nitrogen and oxygen atoms in total. The molecule has 22 heavy (non-hydrogen) atoms. The van der Waals surface area contributed by atoms with E-state index in [1.807, 2.05) is 38.1 Å². The highest BCUT2D eigenvalue weighted by molar-refractivity contribution is 9.10. The number of nitrogens with zero attached hydrogens (tertiary/aromatic N) is 1. The molecule has 0 aliphatic carbocycles. The van der Waals surface area contributed by atoms with Crippen molar-refractivity contribution in [1.29, 1.82) is 0 Å². The molecule has 0 aromatic heterocycles. The third-order valence-electron chi connectivity index (χ3n) is 4.09. The van der Waals surface area contributed by atoms with Crippen molar-refractivity contribution >= 4 is 21.8 Å². The number of benzene rings is 1. The summed E-state index contributed by atoms with van der Waals surface area (Å²) in [5.74, 6) is 0.830. The Morgan fingerprint density at radius 2 is 2.00 bits per heavy atom. The standard InChI is InChI=1S/C17H25BrN2O2/c1-17(2,12-22-15-7-5-4-6-14(15)18)16(21)19-13-8-10-20(3)11-9-13/h4-7,13H,8-12H2,1-3H3,(H,19,21). The minimum atomic E-state index is -0.557. The Labute approximate surface area is 141 Å². The van der Waals surface area contributed by atoms with Gasteiger partial charge in [0.05, 0.1) is 9.89 Å². The van der Waals surface area contributed by atoms with Crippen LogP contribution in [0.4, 0.5) is 0 Å². The molecule has 0 radical (unpaired) electrons. The maximum Gasteiger partial charge on any atom is 0.229 e. The van der Waals surface area contributed by atoms with E-state index < -0.39 is 5.41 Å². The average Bonchev–Trinajstić information content (AvgIpc) is 2.49. The maximum atomic E-state index is 12.5. The number of para-hydroxylation sites is 1. The number of piperidine rings is 1. The summed E-state index contributed by atoms with van der Waals surface area (Å²) in [7, 11) is 2.12. The van der Waals surface area contributed by atoms with Crippen LogP contribution in [0.15, 0.2) is 28.7 Å². The van der Waals surface area contributed by atoms with Gasteiger partial charge < -0.3 is 15.0 Å². The van der Waals surface area contributed by atoms with Crippen LogP contribution >= 0.6 is 15.9 Å². The van der Waals surface area contributed by atoms with Crippen molar-refractivity contribution in [3.8, 4) is 5.75 Å². The molecule has 1 N–H and O–H groups in total. The van der Waals surface area contributed by atoms with Crippen LogP contribution in [0.25, 0.3) is 0 Å². The minimum absolute atomic E-state index is 0.0640. The molecular formula is C17H25BrN2O2. The number of halogens is 1. The highest BCUT2D eigenvalue weighted by Crippen LogP contribution is 2.26. The number of carbonyl (C=O) groups is 1. The van der Waals surface area contributed by atoms with Gasteiger partial charge in [-0.15, -0.1) is 0 Å². The van der Waals surface area contributed by atoms with E-state index in [0.29, 0.717) is 6.61 Å². The van der Waals surface area contributed by atoms with Crippen molar-refractivity contribution < 1.29 is 9.53 Å². The lowest BCUT2D eigenvalue weighted by Gasteiger charge is -2.32. The third kappa shape index (κ3) is 4.71. The van der Waals surface area contributed by atoms with Crippen molar-refractivity contribution in [3.63, 3.8) is 0 Å². The lowest BCUT2D eigenvalue weighted by Crippen LogP contribution is -2.49. The number of hydrogen-bond donors (Lipinski definition) is 1. The second-order valence-corrected chi connectivity index (χ2v) is 7.51. The summed E-state index contributed by atoms with van der Waals surface area (Å²) in [6.07, 6.45) is 2.03. The van der Waals surface area contributed by atoms with E-state index in [1.165, 1.54) is 0 Å². The van der Waals surface area contributed by atoms with Gasteiger partial charge in [-0.25, -0.2) is 0 Å². The molecule has 1 saturated heterocycles. The highest BCUT2D eigenvalue weighted by Gasteiger charge is 2.31. The molecule has 1 aromatic rings. The van der Waals surface area contributed by atoms with Gasteiger partial charge in [0.25, 0.3) is 0 Å². The van der Waals surface area contributed by atoms with E-state index in [2.05, 4.69) is 33.2 Å². The Balaban J connectivity index is 1.86. The van der Waals surface area contributed by atoms with E-state index in [0.717, 1.165) is 36.2 Å². The molecule has 1 aliphatic rings. The van der Waals surface area contributed by atoms with Gasteiger partial charge in [-0.1, -0.05) is 12.1 Å². The van der Waals surface area contributed by atoms with Crippen LogP contribution in [-0.2, 0) is 4.79 Å². The molecule has 0 bridgehead atoms. The number of ether oxygens (including phenoxy) is 1. The first-order chi connectivity index (χ1) is 10.4. The minimum Gasteiger partial charge on any atom is -0.491 e. The summed E-state index contributed by atoms with van der Waals surface area (Å²) in [6, 6.07) is 7.97. The van der Waals surface area contributed by atoms with Crippen molar-refractivity contribution in [1.82, 2.24) is 10.2 Å². The quantitative estimate of drug-likeness (QED) is 0.868. The van der Waals surface area contributed by atoms with Crippen molar-refractivity contribution in [3.05, 3.63) is 28.7 Å². The molecule has 0 saturated carbocycles. The van der Waals surface area contributed by atoms with E-state index in [4.69, 9.17) is 4.74 Å². The predicted molar refractivity (Wildman–Crippen MR) is 92.1 cm³/mol. The molecule has 2 rings (SSSR count). The van der Waals surface area contributed by atoms with Crippen LogP contribution in [0, 0.1) is 5.41 Å². The van der Waals surface area contributed by atoms with E-state index in [1.54, 1.807) is 0 Å². The van der Waals surface area contributed by atoms with Crippen molar-refractivity contribution in [2.24, 2.45) is 5.41 Å². The first-order valence-corrected chi connectivity index (χ1v) is 8.54. The topological polar surface area (TPSA) is 41.6 Å². The summed E-state index contributed by atoms with van der Waals surface area (Å²) in [6.45, 7) is 6.29. The van der Waals surface area contributed by atoms with Gasteiger partial charge >= 0.3 is 0 Å². The molecule has 0 spiro atoms. The van der Waals surface area contributed by atoms with Crippen LogP contribution in [-0.4, -0.2) is 43.6 Å². The highest BCUT2D eigenvalue weighted by atomic mass is 79.9. The molecule has 1 amide bonds. The summed E-state index contributed by atoms with van der Waals surface area (Å²) in [5.41, 5.74) is -0.557. The lowest BCUT2D eigenvalue weighted by molar-refractivity contribution is -0.131. The van der Waals surface area contributed by atoms with Crippen LogP contribution < -0.4 is 10.1 Å². The monoisotopic (exact) mass is 368 g/mol. The Morgan fingerprint density at radius 1 is 1.36 bits per heavy atom. The number of likely N-dealkylation sites (tertiary alicyclic amines) is 1. The number of carbonyl (C=O) groups excluding carboxylic acids is 1. The molecule has 0 unspecified atom stereocenters. The zero-order valence-electron chi connectivity index (χ0n) is 13.6. The molecule has 1 aliphatic heterocycles. The van der Waals surface area contributed by atoms with E-state index in [-0.39, 0.29) is 11.9 Å². The van der Waals surface area contributed by atoms with Crippen LogP contribution in [0.2, 0.25) is 0 Å². The molecule has 1 aromatic carbocycles. The zero-order valence-corrected chi connectivity index (χ0v) is 15.1. The number of nitrogens with one attached hydrogen (secondary N) is 1. The third-order valence-corrected chi connectivity index (χ3v) is 4.75. The fraction of sp³-hybridized carbons (Fsp3) is 0.588. The van der Waals surface area contributed by atoms with Crippen molar-refractivity contribution in [2.45, 2.75) is 32.7 Å². The van der Waals surface area contributed by atoms with Gasteiger partial charge in [0.1, 0.15) is 12.4 Å². The Morgan fingerprint density at radius 3 is 2.64 bits per heavy atom. The second-order valence-electron chi connectivity index (χ2n) is 6.65. The number of amides is 1. The molecule has 5 heteroatoms. The number of rotatable bonds is 5. The van der Waals surface area contributed by atoms with Crippen LogP contribution in [0.5, 0.6) is 5.75 Å². The lowest BCUT2D eigenvalue weighted by atomic mass is 9.92. The van der Waals surface area contributed by atoms with Gasteiger partial charge in [0.15, 0.2) is 0 Å². The van der Waals surface area contributed by atoms with Gasteiger partial charge in [-0.05, 0) is 74.9 Å². The summed E-state index contributed by atoms with van der Waals surface area (Å²) in [5, 5.41) is 3.17. The van der Waals surface area contributed by atoms with Gasteiger partial charge in [-0.3, -0.25) is 4.79 Å². The summed E-state index contributed by atoms with van der Waals surface area (Å²) >= 11 is 3.46. The Hall–Kier alpha value is -1.07. The fourth-order valence-electron chi connectivity index (χ4n) is 2.42. The molecular weight excluding hydrogens is 344 g/mol. The SMILES string of the molecule is CN1CCC(NC(=O)C(C)(C)COc2ccccc2Br)CC1. The van der Waals surface area contributed by atoms with Gasteiger partial charge in [0, 0.05) is 6.04 Å². The van der Waals surface area contributed by atoms with E-state index >= 15 is 0 Å². The summed E-state index contributed by atoms with van der Waals surface area (Å²) in [4.78, 5) is 14.8. The molecule has 1 fully saturated rings. The Bertz CT molecular complexity index is 511. The largest absolute Gasteiger partial charge is 0.491 e. The average molecular weight is 369 g/mol. The van der Waals surface area contributed by atoms with Gasteiger partial charge in [0.2, 0.25) is 5.91 Å².